The first-order valence-corrected chi connectivity index (χ1v) is 9.47. The average Bonchev–Trinajstić information content (AvgIpc) is 2.69. The fraction of sp³-hybridized carbons (Fsp3) is 0.273. The summed E-state index contributed by atoms with van der Waals surface area (Å²) in [5.41, 5.74) is 2.80. The molecule has 0 spiro atoms. The molecule has 2 aromatic carbocycles. The lowest BCUT2D eigenvalue weighted by molar-refractivity contribution is 0.0946. The minimum atomic E-state index is -0.707. The first kappa shape index (κ1) is 20.3. The molecule has 3 rings (SSSR count). The second-order valence-electron chi connectivity index (χ2n) is 7.05. The first-order chi connectivity index (χ1) is 13.8. The van der Waals surface area contributed by atoms with Gasteiger partial charge in [-0.3, -0.25) is 14.2 Å². The predicted molar refractivity (Wildman–Crippen MR) is 112 cm³/mol. The Hall–Kier alpha value is -3.48. The Labute approximate surface area is 168 Å². The molecule has 1 aromatic heterocycles. The van der Waals surface area contributed by atoms with E-state index in [1.165, 1.54) is 0 Å². The Morgan fingerprint density at radius 2 is 1.69 bits per heavy atom. The van der Waals surface area contributed by atoms with Crippen LogP contribution in [0.5, 0.6) is 0 Å². The average molecular weight is 392 g/mol. The Morgan fingerprint density at radius 1 is 1.00 bits per heavy atom. The Balaban J connectivity index is 2.22. The second-order valence-corrected chi connectivity index (χ2v) is 7.05. The first-order valence-electron chi connectivity index (χ1n) is 9.47. The molecule has 0 saturated heterocycles. The summed E-state index contributed by atoms with van der Waals surface area (Å²) in [6.45, 7) is 8.01. The molecule has 0 atom stereocenters. The summed E-state index contributed by atoms with van der Waals surface area (Å²) in [7, 11) is 0. The van der Waals surface area contributed by atoms with Gasteiger partial charge in [0.2, 0.25) is 5.69 Å². The summed E-state index contributed by atoms with van der Waals surface area (Å²) < 4.78 is 2.17. The number of carbonyl (C=O) groups is 1. The van der Waals surface area contributed by atoms with E-state index in [4.69, 9.17) is 0 Å². The van der Waals surface area contributed by atoms with Gasteiger partial charge in [-0.05, 0) is 56.5 Å². The molecular weight excluding hydrogens is 368 g/mol. The standard InChI is InChI=1S/C22H24N4O3/c1-5-23-20(27)19-21(28)25(13-17-9-6-14(2)7-10-17)22(29)26(24-19)18-11-8-15(3)16(4)12-18/h6-12H,5,13H2,1-4H3,(H,23,27). The maximum atomic E-state index is 13.1. The van der Waals surface area contributed by atoms with Gasteiger partial charge in [0, 0.05) is 6.54 Å². The van der Waals surface area contributed by atoms with Gasteiger partial charge in [-0.15, -0.1) is 0 Å². The zero-order chi connectivity index (χ0) is 21.1. The van der Waals surface area contributed by atoms with Crippen LogP contribution in [0.15, 0.2) is 52.1 Å². The highest BCUT2D eigenvalue weighted by atomic mass is 16.2. The van der Waals surface area contributed by atoms with Crippen LogP contribution in [0.25, 0.3) is 5.69 Å². The SMILES string of the molecule is CCNC(=O)c1nn(-c2ccc(C)c(C)c2)c(=O)n(Cc2ccc(C)cc2)c1=O. The van der Waals surface area contributed by atoms with Gasteiger partial charge in [0.25, 0.3) is 11.5 Å². The largest absolute Gasteiger partial charge is 0.352 e. The zero-order valence-corrected chi connectivity index (χ0v) is 17.0. The summed E-state index contributed by atoms with van der Waals surface area (Å²) in [6.07, 6.45) is 0. The summed E-state index contributed by atoms with van der Waals surface area (Å²) >= 11 is 0. The molecule has 150 valence electrons. The van der Waals surface area contributed by atoms with E-state index in [0.717, 1.165) is 31.5 Å². The number of benzene rings is 2. The fourth-order valence-electron chi connectivity index (χ4n) is 2.94. The van der Waals surface area contributed by atoms with Crippen molar-refractivity contribution < 1.29 is 4.79 Å². The molecule has 1 amide bonds. The van der Waals surface area contributed by atoms with Crippen LogP contribution >= 0.6 is 0 Å². The quantitative estimate of drug-likeness (QED) is 0.721. The summed E-state index contributed by atoms with van der Waals surface area (Å²) in [5, 5.41) is 6.70. The molecule has 0 radical (unpaired) electrons. The zero-order valence-electron chi connectivity index (χ0n) is 17.0. The van der Waals surface area contributed by atoms with Crippen LogP contribution in [0.2, 0.25) is 0 Å². The van der Waals surface area contributed by atoms with Gasteiger partial charge in [-0.25, -0.2) is 4.79 Å². The van der Waals surface area contributed by atoms with Crippen molar-refractivity contribution in [3.63, 3.8) is 0 Å². The van der Waals surface area contributed by atoms with E-state index in [0.29, 0.717) is 12.2 Å². The summed E-state index contributed by atoms with van der Waals surface area (Å²) in [4.78, 5) is 38.5. The van der Waals surface area contributed by atoms with Crippen LogP contribution in [0, 0.1) is 20.8 Å². The number of nitrogens with zero attached hydrogens (tertiary/aromatic N) is 3. The van der Waals surface area contributed by atoms with Gasteiger partial charge in [-0.2, -0.15) is 9.78 Å². The third kappa shape index (κ3) is 4.18. The van der Waals surface area contributed by atoms with E-state index in [1.807, 2.05) is 57.2 Å². The number of carbonyl (C=O) groups excluding carboxylic acids is 1. The fourth-order valence-corrected chi connectivity index (χ4v) is 2.94. The minimum absolute atomic E-state index is 0.0533. The van der Waals surface area contributed by atoms with E-state index in [9.17, 15) is 14.4 Å². The van der Waals surface area contributed by atoms with Crippen molar-refractivity contribution in [1.29, 1.82) is 0 Å². The van der Waals surface area contributed by atoms with Crippen LogP contribution in [0.1, 0.15) is 39.7 Å². The maximum Gasteiger partial charge on any atom is 0.352 e. The summed E-state index contributed by atoms with van der Waals surface area (Å²) in [5.74, 6) is -0.604. The number of aryl methyl sites for hydroxylation is 3. The number of aromatic nitrogens is 3. The molecule has 0 aliphatic rings. The van der Waals surface area contributed by atoms with Crippen molar-refractivity contribution in [3.8, 4) is 5.69 Å². The second kappa shape index (κ2) is 8.26. The number of amides is 1. The highest BCUT2D eigenvalue weighted by Gasteiger charge is 2.20. The molecule has 29 heavy (non-hydrogen) atoms. The van der Waals surface area contributed by atoms with E-state index in [-0.39, 0.29) is 12.2 Å². The number of hydrogen-bond acceptors (Lipinski definition) is 4. The van der Waals surface area contributed by atoms with Gasteiger partial charge < -0.3 is 5.32 Å². The minimum Gasteiger partial charge on any atom is -0.351 e. The van der Waals surface area contributed by atoms with Crippen LogP contribution in [0.4, 0.5) is 0 Å². The molecule has 0 saturated carbocycles. The van der Waals surface area contributed by atoms with E-state index in [2.05, 4.69) is 10.4 Å². The van der Waals surface area contributed by atoms with Gasteiger partial charge in [-0.1, -0.05) is 35.9 Å². The highest BCUT2D eigenvalue weighted by molar-refractivity contribution is 5.91. The summed E-state index contributed by atoms with van der Waals surface area (Å²) in [6, 6.07) is 13.0. The van der Waals surface area contributed by atoms with E-state index >= 15 is 0 Å². The maximum absolute atomic E-state index is 13.1. The third-order valence-electron chi connectivity index (χ3n) is 4.81. The lowest BCUT2D eigenvalue weighted by Gasteiger charge is -2.13. The Bertz CT molecular complexity index is 1170. The van der Waals surface area contributed by atoms with Gasteiger partial charge in [0.1, 0.15) is 0 Å². The lowest BCUT2D eigenvalue weighted by Crippen LogP contribution is -2.46. The van der Waals surface area contributed by atoms with Crippen molar-refractivity contribution in [3.05, 3.63) is 91.3 Å². The Kier molecular flexibility index (Phi) is 5.77. The Morgan fingerprint density at radius 3 is 2.31 bits per heavy atom. The number of rotatable bonds is 5. The number of nitrogens with one attached hydrogen (secondary N) is 1. The normalized spacial score (nSPS) is 10.8. The van der Waals surface area contributed by atoms with Crippen LogP contribution in [0.3, 0.4) is 0 Å². The van der Waals surface area contributed by atoms with Gasteiger partial charge >= 0.3 is 5.69 Å². The van der Waals surface area contributed by atoms with E-state index in [1.54, 1.807) is 13.0 Å². The molecular formula is C22H24N4O3. The van der Waals surface area contributed by atoms with Gasteiger partial charge in [0.15, 0.2) is 0 Å². The van der Waals surface area contributed by atoms with Crippen molar-refractivity contribution >= 4 is 5.91 Å². The topological polar surface area (TPSA) is 86.0 Å². The van der Waals surface area contributed by atoms with E-state index < -0.39 is 17.2 Å². The van der Waals surface area contributed by atoms with Crippen molar-refractivity contribution in [2.24, 2.45) is 0 Å². The molecule has 7 nitrogen and oxygen atoms in total. The highest BCUT2D eigenvalue weighted by Crippen LogP contribution is 2.12. The van der Waals surface area contributed by atoms with Crippen molar-refractivity contribution in [2.45, 2.75) is 34.2 Å². The van der Waals surface area contributed by atoms with Crippen molar-refractivity contribution in [2.75, 3.05) is 6.54 Å². The molecule has 0 fully saturated rings. The molecule has 0 bridgehead atoms. The third-order valence-corrected chi connectivity index (χ3v) is 4.81. The molecule has 1 N–H and O–H groups in total. The lowest BCUT2D eigenvalue weighted by atomic mass is 10.1. The van der Waals surface area contributed by atoms with Crippen LogP contribution < -0.4 is 16.6 Å². The monoisotopic (exact) mass is 392 g/mol. The predicted octanol–water partition coefficient (Wildman–Crippen LogP) is 2.12. The smallest absolute Gasteiger partial charge is 0.351 e. The molecule has 1 heterocycles. The van der Waals surface area contributed by atoms with Crippen LogP contribution in [-0.4, -0.2) is 26.8 Å². The molecule has 0 aliphatic heterocycles. The van der Waals surface area contributed by atoms with Crippen molar-refractivity contribution in [1.82, 2.24) is 19.7 Å². The number of hydrogen-bond donors (Lipinski definition) is 1. The molecule has 7 heteroatoms. The molecule has 3 aromatic rings. The molecule has 0 unspecified atom stereocenters. The van der Waals surface area contributed by atoms with Crippen LogP contribution in [-0.2, 0) is 6.54 Å². The molecule has 0 aliphatic carbocycles. The van der Waals surface area contributed by atoms with Gasteiger partial charge in [0.05, 0.1) is 12.2 Å².